The molecule has 0 spiro atoms. The molecule has 0 aromatic carbocycles. The predicted molar refractivity (Wildman–Crippen MR) is 36.9 cm³/mol. The van der Waals surface area contributed by atoms with Gasteiger partial charge >= 0.3 is 0 Å². The first-order chi connectivity index (χ1) is 4.86. The molecule has 0 unspecified atom stereocenters. The van der Waals surface area contributed by atoms with Gasteiger partial charge in [-0.3, -0.25) is 10.9 Å². The van der Waals surface area contributed by atoms with Gasteiger partial charge in [0.15, 0.2) is 0 Å². The highest BCUT2D eigenvalue weighted by atomic mass is 15.4. The zero-order chi connectivity index (χ0) is 6.97. The third kappa shape index (κ3) is 0.815. The Balaban J connectivity index is 2.30. The second-order valence-corrected chi connectivity index (χ2v) is 2.59. The number of nitrogens with zero attached hydrogens (tertiary/aromatic N) is 2. The van der Waals surface area contributed by atoms with E-state index in [9.17, 15) is 0 Å². The lowest BCUT2D eigenvalue weighted by atomic mass is 10.1. The molecule has 3 N–H and O–H groups in total. The van der Waals surface area contributed by atoms with Crippen LogP contribution in [0.5, 0.6) is 0 Å². The molecule has 0 saturated carbocycles. The van der Waals surface area contributed by atoms with Crippen LogP contribution < -0.4 is 5.84 Å². The molecule has 1 aliphatic rings. The van der Waals surface area contributed by atoms with E-state index in [1.807, 2.05) is 6.20 Å². The quantitative estimate of drug-likeness (QED) is 0.481. The molecule has 1 aromatic heterocycles. The van der Waals surface area contributed by atoms with Crippen molar-refractivity contribution >= 4 is 0 Å². The molecule has 0 fully saturated rings. The fourth-order valence-electron chi connectivity index (χ4n) is 1.24. The average molecular weight is 138 g/mol. The van der Waals surface area contributed by atoms with Crippen molar-refractivity contribution in [3.05, 3.63) is 17.5 Å². The Hall–Kier alpha value is -0.870. The van der Waals surface area contributed by atoms with Gasteiger partial charge in [0.05, 0.1) is 6.20 Å². The van der Waals surface area contributed by atoms with E-state index in [0.717, 1.165) is 19.5 Å². The van der Waals surface area contributed by atoms with Crippen LogP contribution in [0.4, 0.5) is 0 Å². The summed E-state index contributed by atoms with van der Waals surface area (Å²) in [4.78, 5) is 0. The molecule has 10 heavy (non-hydrogen) atoms. The van der Waals surface area contributed by atoms with Crippen LogP contribution in [0.1, 0.15) is 11.3 Å². The van der Waals surface area contributed by atoms with Gasteiger partial charge in [0, 0.05) is 30.8 Å². The van der Waals surface area contributed by atoms with Crippen molar-refractivity contribution in [1.82, 2.24) is 15.2 Å². The van der Waals surface area contributed by atoms with Crippen LogP contribution in [0, 0.1) is 0 Å². The topological polar surface area (TPSA) is 57.9 Å². The molecule has 2 rings (SSSR count). The predicted octanol–water partition coefficient (Wildman–Crippen LogP) is -0.359. The summed E-state index contributed by atoms with van der Waals surface area (Å²) in [6, 6.07) is 0. The molecular formula is C6H10N4. The second kappa shape index (κ2) is 2.07. The van der Waals surface area contributed by atoms with Crippen molar-refractivity contribution in [2.75, 3.05) is 6.54 Å². The van der Waals surface area contributed by atoms with E-state index in [4.69, 9.17) is 5.84 Å². The van der Waals surface area contributed by atoms with Crippen molar-refractivity contribution in [2.45, 2.75) is 13.0 Å². The number of nitrogens with two attached hydrogens (primary N) is 1. The normalized spacial score (nSPS) is 18.9. The van der Waals surface area contributed by atoms with Gasteiger partial charge in [-0.05, 0) is 0 Å². The van der Waals surface area contributed by atoms with Gasteiger partial charge in [0.2, 0.25) is 0 Å². The fourth-order valence-corrected chi connectivity index (χ4v) is 1.24. The first kappa shape index (κ1) is 5.88. The van der Waals surface area contributed by atoms with Crippen LogP contribution in [0.2, 0.25) is 0 Å². The Morgan fingerprint density at radius 3 is 3.50 bits per heavy atom. The molecule has 0 saturated heterocycles. The zero-order valence-electron chi connectivity index (χ0n) is 5.67. The van der Waals surface area contributed by atoms with Crippen LogP contribution in [0.15, 0.2) is 6.20 Å². The smallest absolute Gasteiger partial charge is 0.0535 e. The number of aromatic amines is 1. The summed E-state index contributed by atoms with van der Waals surface area (Å²) in [5, 5.41) is 8.68. The van der Waals surface area contributed by atoms with Gasteiger partial charge in [-0.1, -0.05) is 0 Å². The lowest BCUT2D eigenvalue weighted by molar-refractivity contribution is 0.262. The summed E-state index contributed by atoms with van der Waals surface area (Å²) in [6.07, 6.45) is 2.83. The van der Waals surface area contributed by atoms with Crippen LogP contribution >= 0.6 is 0 Å². The summed E-state index contributed by atoms with van der Waals surface area (Å²) < 4.78 is 0. The van der Waals surface area contributed by atoms with Gasteiger partial charge in [-0.15, -0.1) is 0 Å². The van der Waals surface area contributed by atoms with Gasteiger partial charge in [0.25, 0.3) is 0 Å². The third-order valence-electron chi connectivity index (χ3n) is 1.83. The molecule has 4 nitrogen and oxygen atoms in total. The van der Waals surface area contributed by atoms with Crippen molar-refractivity contribution in [3.8, 4) is 0 Å². The Bertz CT molecular complexity index is 229. The molecule has 54 valence electrons. The summed E-state index contributed by atoms with van der Waals surface area (Å²) in [5.41, 5.74) is 2.47. The first-order valence-corrected chi connectivity index (χ1v) is 3.37. The Labute approximate surface area is 59.0 Å². The number of nitrogens with one attached hydrogen (secondary N) is 1. The molecule has 0 atom stereocenters. The Morgan fingerprint density at radius 1 is 1.70 bits per heavy atom. The minimum atomic E-state index is 0.825. The van der Waals surface area contributed by atoms with E-state index >= 15 is 0 Å². The number of fused-ring (bicyclic) bond motifs is 1. The van der Waals surface area contributed by atoms with Crippen molar-refractivity contribution in [3.63, 3.8) is 0 Å². The van der Waals surface area contributed by atoms with E-state index in [0.29, 0.717) is 0 Å². The van der Waals surface area contributed by atoms with Crippen molar-refractivity contribution < 1.29 is 0 Å². The lowest BCUT2D eigenvalue weighted by Gasteiger charge is -2.20. The summed E-state index contributed by atoms with van der Waals surface area (Å²) >= 11 is 0. The van der Waals surface area contributed by atoms with Crippen molar-refractivity contribution in [2.24, 2.45) is 5.84 Å². The summed E-state index contributed by atoms with van der Waals surface area (Å²) in [7, 11) is 0. The number of rotatable bonds is 0. The van der Waals surface area contributed by atoms with E-state index in [1.54, 1.807) is 5.01 Å². The number of hydrogen-bond acceptors (Lipinski definition) is 3. The van der Waals surface area contributed by atoms with Gasteiger partial charge in [-0.2, -0.15) is 5.10 Å². The number of H-pyrrole nitrogens is 1. The van der Waals surface area contributed by atoms with E-state index in [1.165, 1.54) is 11.3 Å². The van der Waals surface area contributed by atoms with Crippen LogP contribution in [-0.4, -0.2) is 21.8 Å². The van der Waals surface area contributed by atoms with Crippen molar-refractivity contribution in [1.29, 1.82) is 0 Å². The standard InChI is InChI=1S/C6H10N4/c7-10-2-1-6-5(4-10)3-8-9-6/h3H,1-2,4,7H2,(H,8,9). The van der Waals surface area contributed by atoms with E-state index in [-0.39, 0.29) is 0 Å². The first-order valence-electron chi connectivity index (χ1n) is 3.37. The Morgan fingerprint density at radius 2 is 2.60 bits per heavy atom. The number of hydrogen-bond donors (Lipinski definition) is 2. The monoisotopic (exact) mass is 138 g/mol. The average Bonchev–Trinajstić information content (AvgIpc) is 2.33. The molecule has 1 aromatic rings. The molecule has 4 heteroatoms. The molecular weight excluding hydrogens is 128 g/mol. The molecule has 0 amide bonds. The molecule has 0 bridgehead atoms. The molecule has 1 aliphatic heterocycles. The second-order valence-electron chi connectivity index (χ2n) is 2.59. The SMILES string of the molecule is NN1CCc2[nH]ncc2C1. The van der Waals surface area contributed by atoms with Gasteiger partial charge in [-0.25, -0.2) is 5.01 Å². The largest absolute Gasteiger partial charge is 0.282 e. The highest BCUT2D eigenvalue weighted by Crippen LogP contribution is 2.12. The molecule has 2 heterocycles. The molecule has 0 radical (unpaired) electrons. The maximum Gasteiger partial charge on any atom is 0.0535 e. The highest BCUT2D eigenvalue weighted by molar-refractivity contribution is 5.18. The number of aromatic nitrogens is 2. The van der Waals surface area contributed by atoms with E-state index in [2.05, 4.69) is 10.2 Å². The highest BCUT2D eigenvalue weighted by Gasteiger charge is 2.13. The van der Waals surface area contributed by atoms with Crippen LogP contribution in [0.25, 0.3) is 0 Å². The van der Waals surface area contributed by atoms with Gasteiger partial charge < -0.3 is 0 Å². The van der Waals surface area contributed by atoms with Crippen LogP contribution in [-0.2, 0) is 13.0 Å². The maximum absolute atomic E-state index is 5.60. The third-order valence-corrected chi connectivity index (χ3v) is 1.83. The van der Waals surface area contributed by atoms with E-state index < -0.39 is 0 Å². The zero-order valence-corrected chi connectivity index (χ0v) is 5.67. The van der Waals surface area contributed by atoms with Gasteiger partial charge in [0.1, 0.15) is 0 Å². The molecule has 0 aliphatic carbocycles. The summed E-state index contributed by atoms with van der Waals surface area (Å²) in [5.74, 6) is 5.60. The lowest BCUT2D eigenvalue weighted by Crippen LogP contribution is -2.35. The minimum absolute atomic E-state index is 0.825. The van der Waals surface area contributed by atoms with Crippen LogP contribution in [0.3, 0.4) is 0 Å². The maximum atomic E-state index is 5.60. The number of hydrazine groups is 1. The fraction of sp³-hybridized carbons (Fsp3) is 0.500. The Kier molecular flexibility index (Phi) is 1.22. The minimum Gasteiger partial charge on any atom is -0.282 e. The summed E-state index contributed by atoms with van der Waals surface area (Å²) in [6.45, 7) is 1.75.